The highest BCUT2D eigenvalue weighted by atomic mass is 32.2. The largest absolute Gasteiger partial charge is 0.598 e. The topological polar surface area (TPSA) is 133 Å². The zero-order valence-electron chi connectivity index (χ0n) is 31.4. The second kappa shape index (κ2) is 15.7. The number of amides is 2. The number of aromatic nitrogens is 3. The number of nitrogens with one attached hydrogen (secondary N) is 3. The van der Waals surface area contributed by atoms with E-state index in [1.807, 2.05) is 33.8 Å². The normalized spacial score (nSPS) is 15.3. The van der Waals surface area contributed by atoms with Gasteiger partial charge in [0.1, 0.15) is 27.4 Å². The summed E-state index contributed by atoms with van der Waals surface area (Å²) in [6, 6.07) is 12.7. The summed E-state index contributed by atoms with van der Waals surface area (Å²) in [5, 5.41) is 8.77. The van der Waals surface area contributed by atoms with Crippen LogP contribution in [-0.4, -0.2) is 41.7 Å². The van der Waals surface area contributed by atoms with Crippen molar-refractivity contribution in [1.29, 1.82) is 0 Å². The first kappa shape index (κ1) is 40.7. The van der Waals surface area contributed by atoms with E-state index in [0.29, 0.717) is 35.1 Å². The Bertz CT molecular complexity index is 1990. The first-order valence-corrected chi connectivity index (χ1v) is 18.8. The highest BCUT2D eigenvalue weighted by Crippen LogP contribution is 2.43. The monoisotopic (exact) mass is 770 g/mol. The van der Waals surface area contributed by atoms with Crippen molar-refractivity contribution in [2.75, 3.05) is 5.32 Å². The lowest BCUT2D eigenvalue weighted by Crippen LogP contribution is -2.52. The number of pyridine rings is 1. The molecule has 2 aromatic heterocycles. The van der Waals surface area contributed by atoms with Crippen LogP contribution in [0.25, 0.3) is 5.69 Å². The first-order chi connectivity index (χ1) is 25.1. The van der Waals surface area contributed by atoms with Crippen LogP contribution >= 0.6 is 0 Å². The summed E-state index contributed by atoms with van der Waals surface area (Å²) in [7, 11) is 0. The van der Waals surface area contributed by atoms with E-state index in [2.05, 4.69) is 25.4 Å². The number of benzene rings is 2. The highest BCUT2D eigenvalue weighted by Gasteiger charge is 2.44. The van der Waals surface area contributed by atoms with Crippen LogP contribution in [0, 0.1) is 18.7 Å². The Morgan fingerprint density at radius 1 is 0.981 bits per heavy atom. The molecule has 0 bridgehead atoms. The minimum Gasteiger partial charge on any atom is -0.598 e. The Morgan fingerprint density at radius 2 is 1.70 bits per heavy atom. The molecule has 1 saturated carbocycles. The fourth-order valence-electron chi connectivity index (χ4n) is 5.79. The van der Waals surface area contributed by atoms with E-state index in [1.54, 1.807) is 45.3 Å². The van der Waals surface area contributed by atoms with Gasteiger partial charge in [-0.25, -0.2) is 13.9 Å². The third-order valence-electron chi connectivity index (χ3n) is 8.75. The molecule has 3 N–H and O–H groups in total. The minimum atomic E-state index is -4.90. The van der Waals surface area contributed by atoms with Gasteiger partial charge in [0.15, 0.2) is 5.69 Å². The first-order valence-electron chi connectivity index (χ1n) is 17.6. The third-order valence-corrected chi connectivity index (χ3v) is 10.4. The number of aryl methyl sites for hydroxylation is 1. The van der Waals surface area contributed by atoms with Crippen molar-refractivity contribution in [2.45, 2.75) is 103 Å². The quantitative estimate of drug-likeness (QED) is 0.0972. The van der Waals surface area contributed by atoms with Crippen LogP contribution in [0.3, 0.4) is 0 Å². The highest BCUT2D eigenvalue weighted by molar-refractivity contribution is 7.90. The summed E-state index contributed by atoms with van der Waals surface area (Å²) >= 11 is -1.61. The number of carbonyl (C=O) groups excluding carboxylic acids is 2. The predicted molar refractivity (Wildman–Crippen MR) is 199 cm³/mol. The number of anilines is 1. The van der Waals surface area contributed by atoms with Crippen LogP contribution in [0.2, 0.25) is 0 Å². The molecule has 0 saturated heterocycles. The molecule has 0 spiro atoms. The van der Waals surface area contributed by atoms with E-state index in [1.165, 1.54) is 30.3 Å². The predicted octanol–water partition coefficient (Wildman–Crippen LogP) is 8.50. The summed E-state index contributed by atoms with van der Waals surface area (Å²) < 4.78 is 80.2. The van der Waals surface area contributed by atoms with Crippen molar-refractivity contribution in [2.24, 2.45) is 5.92 Å². The van der Waals surface area contributed by atoms with Gasteiger partial charge in [0, 0.05) is 36.4 Å². The van der Waals surface area contributed by atoms with Crippen LogP contribution in [0.5, 0.6) is 0 Å². The molecule has 290 valence electrons. The van der Waals surface area contributed by atoms with Gasteiger partial charge in [-0.3, -0.25) is 9.78 Å². The third kappa shape index (κ3) is 10.2. The summed E-state index contributed by atoms with van der Waals surface area (Å²) in [6.07, 6.45) is 1.14. The standard InChI is InChI=1S/C39H46F4N6O4S/c1-24-17-28(23-44-21-24)38(16-15-25-11-12-25,48-54(52)37(5,6)7)27-13-14-30(40)31(19-27)46-34(50)32-20-33(39(41,42)43)47-49(32)29-10-8-9-26(18-29)22-45-35(51)53-36(2,3)4/h8-10,13-14,17-21,23,25,48H,11-12,15-16,22H2,1-7H3,(H,45,51)(H,46,50). The molecule has 5 rings (SSSR count). The van der Waals surface area contributed by atoms with E-state index in [9.17, 15) is 27.3 Å². The van der Waals surface area contributed by atoms with E-state index in [-0.39, 0.29) is 17.9 Å². The minimum absolute atomic E-state index is 0.0251. The summed E-state index contributed by atoms with van der Waals surface area (Å²) in [5.74, 6) is -1.42. The van der Waals surface area contributed by atoms with Crippen molar-refractivity contribution >= 4 is 29.0 Å². The summed E-state index contributed by atoms with van der Waals surface area (Å²) in [5.41, 5.74) is -1.42. The van der Waals surface area contributed by atoms with Gasteiger partial charge < -0.3 is 19.9 Å². The molecule has 54 heavy (non-hydrogen) atoms. The zero-order chi connectivity index (χ0) is 39.6. The van der Waals surface area contributed by atoms with Crippen molar-refractivity contribution in [3.8, 4) is 5.69 Å². The molecule has 2 aromatic carbocycles. The number of halogens is 4. The smallest absolute Gasteiger partial charge is 0.435 e. The van der Waals surface area contributed by atoms with Crippen molar-refractivity contribution < 1.29 is 36.4 Å². The van der Waals surface area contributed by atoms with Crippen LogP contribution in [0.1, 0.15) is 106 Å². The van der Waals surface area contributed by atoms with Crippen LogP contribution in [-0.2, 0) is 34.4 Å². The fourth-order valence-corrected chi connectivity index (χ4v) is 6.75. The number of nitrogens with zero attached hydrogens (tertiary/aromatic N) is 3. The molecule has 4 aromatic rings. The van der Waals surface area contributed by atoms with Gasteiger partial charge in [-0.2, -0.15) is 18.3 Å². The van der Waals surface area contributed by atoms with Crippen LogP contribution in [0.4, 0.5) is 28.0 Å². The molecule has 2 atom stereocenters. The van der Waals surface area contributed by atoms with Crippen molar-refractivity contribution in [1.82, 2.24) is 24.8 Å². The Kier molecular flexibility index (Phi) is 11.8. The van der Waals surface area contributed by atoms with Gasteiger partial charge >= 0.3 is 12.3 Å². The second-order valence-electron chi connectivity index (χ2n) is 15.6. The van der Waals surface area contributed by atoms with Crippen LogP contribution in [0.15, 0.2) is 67.0 Å². The molecule has 10 nitrogen and oxygen atoms in total. The van der Waals surface area contributed by atoms with E-state index in [4.69, 9.17) is 4.74 Å². The zero-order valence-corrected chi connectivity index (χ0v) is 32.2. The van der Waals surface area contributed by atoms with E-state index >= 15 is 4.39 Å². The number of carbonyl (C=O) groups is 2. The molecule has 0 aliphatic heterocycles. The Morgan fingerprint density at radius 3 is 2.33 bits per heavy atom. The average molecular weight is 771 g/mol. The molecule has 2 amide bonds. The van der Waals surface area contributed by atoms with Crippen LogP contribution < -0.4 is 15.4 Å². The van der Waals surface area contributed by atoms with Gasteiger partial charge in [-0.05, 0) is 114 Å². The van der Waals surface area contributed by atoms with Gasteiger partial charge in [0.2, 0.25) is 0 Å². The Balaban J connectivity index is 1.53. The lowest BCUT2D eigenvalue weighted by Gasteiger charge is -2.38. The number of ether oxygens (including phenoxy) is 1. The summed E-state index contributed by atoms with van der Waals surface area (Å²) in [4.78, 5) is 30.5. The Labute approximate surface area is 315 Å². The van der Waals surface area contributed by atoms with Gasteiger partial charge in [0.05, 0.1) is 11.4 Å². The molecule has 2 unspecified atom stereocenters. The SMILES string of the molecule is Cc1cncc(C(CCC2CC2)(N[S+]([O-])C(C)(C)C)c2ccc(F)c(NC(=O)c3cc(C(F)(F)F)nn3-c3cccc(CNC(=O)OC(C)(C)C)c3)c2)c1. The maximum Gasteiger partial charge on any atom is 0.435 e. The molecule has 0 radical (unpaired) electrons. The number of hydrogen-bond acceptors (Lipinski definition) is 7. The lowest BCUT2D eigenvalue weighted by atomic mass is 9.79. The molecular weight excluding hydrogens is 725 g/mol. The maximum atomic E-state index is 15.6. The average Bonchev–Trinajstić information content (AvgIpc) is 3.79. The second-order valence-corrected chi connectivity index (χ2v) is 17.6. The number of hydrogen-bond donors (Lipinski definition) is 3. The number of alkyl carbamates (subject to hydrolysis) is 1. The van der Waals surface area contributed by atoms with Gasteiger partial charge in [0.25, 0.3) is 5.91 Å². The molecule has 1 aliphatic rings. The fraction of sp³-hybridized carbons (Fsp3) is 0.436. The van der Waals surface area contributed by atoms with Crippen molar-refractivity contribution in [3.05, 3.63) is 106 Å². The lowest BCUT2D eigenvalue weighted by molar-refractivity contribution is -0.141. The molecular formula is C39H46F4N6O4S. The molecule has 2 heterocycles. The van der Waals surface area contributed by atoms with E-state index in [0.717, 1.165) is 29.5 Å². The maximum absolute atomic E-state index is 15.6. The number of rotatable bonds is 12. The van der Waals surface area contributed by atoms with Gasteiger partial charge in [-0.15, -0.1) is 4.72 Å². The molecule has 15 heteroatoms. The van der Waals surface area contributed by atoms with Crippen molar-refractivity contribution in [3.63, 3.8) is 0 Å². The van der Waals surface area contributed by atoms with Gasteiger partial charge in [-0.1, -0.05) is 37.1 Å². The molecule has 1 fully saturated rings. The summed E-state index contributed by atoms with van der Waals surface area (Å²) in [6.45, 7) is 12.5. The Hall–Kier alpha value is -4.47. The van der Waals surface area contributed by atoms with E-state index < -0.39 is 62.6 Å². The number of alkyl halides is 3. The molecule has 1 aliphatic carbocycles.